The maximum atomic E-state index is 13.4. The molecular weight excluding hydrogens is 497 g/mol. The summed E-state index contributed by atoms with van der Waals surface area (Å²) in [5.74, 6) is -1.39. The number of benzene rings is 3. The number of ether oxygens (including phenoxy) is 1. The second-order valence-electron chi connectivity index (χ2n) is 8.20. The molecule has 2 N–H and O–H groups in total. The first-order chi connectivity index (χ1) is 17.8. The number of rotatable bonds is 8. The molecule has 1 aliphatic rings. The van der Waals surface area contributed by atoms with Gasteiger partial charge < -0.3 is 15.2 Å². The van der Waals surface area contributed by atoms with Gasteiger partial charge in [0.2, 0.25) is 11.8 Å². The van der Waals surface area contributed by atoms with Gasteiger partial charge in [-0.3, -0.25) is 14.5 Å². The minimum absolute atomic E-state index is 0.0330. The molecule has 0 aliphatic carbocycles. The zero-order valence-corrected chi connectivity index (χ0v) is 20.7. The first-order valence-corrected chi connectivity index (χ1v) is 12.3. The maximum Gasteiger partial charge on any atom is 0.335 e. The van der Waals surface area contributed by atoms with E-state index in [2.05, 4.69) is 10.3 Å². The Balaban J connectivity index is 1.52. The maximum absolute atomic E-state index is 13.4. The van der Waals surface area contributed by atoms with Crippen molar-refractivity contribution < 1.29 is 28.6 Å². The van der Waals surface area contributed by atoms with E-state index in [1.807, 2.05) is 24.3 Å². The van der Waals surface area contributed by atoms with Crippen molar-refractivity contribution in [3.05, 3.63) is 89.7 Å². The molecule has 0 radical (unpaired) electrons. The van der Waals surface area contributed by atoms with E-state index in [9.17, 15) is 18.8 Å². The van der Waals surface area contributed by atoms with Crippen LogP contribution in [0.2, 0.25) is 0 Å². The van der Waals surface area contributed by atoms with Crippen LogP contribution in [0.1, 0.15) is 22.3 Å². The monoisotopic (exact) mass is 521 g/mol. The lowest BCUT2D eigenvalue weighted by atomic mass is 10.1. The number of carboxylic acid groups (broad SMARTS) is 1. The second kappa shape index (κ2) is 11.7. The summed E-state index contributed by atoms with van der Waals surface area (Å²) in [4.78, 5) is 43.3. The van der Waals surface area contributed by atoms with Gasteiger partial charge in [-0.1, -0.05) is 23.9 Å². The van der Waals surface area contributed by atoms with Crippen molar-refractivity contribution in [1.82, 2.24) is 4.90 Å². The molecular formula is C27H24FN3O5S. The molecule has 1 atom stereocenters. The molecule has 0 spiro atoms. The van der Waals surface area contributed by atoms with E-state index in [0.29, 0.717) is 29.5 Å². The minimum atomic E-state index is -1.07. The fraction of sp³-hybridized carbons (Fsp3) is 0.185. The van der Waals surface area contributed by atoms with Crippen LogP contribution >= 0.6 is 11.8 Å². The number of anilines is 1. The van der Waals surface area contributed by atoms with Crippen molar-refractivity contribution in [2.75, 3.05) is 19.0 Å². The largest absolute Gasteiger partial charge is 0.497 e. The average Bonchev–Trinajstić information content (AvgIpc) is 2.90. The van der Waals surface area contributed by atoms with Gasteiger partial charge in [0.25, 0.3) is 0 Å². The number of nitrogens with one attached hydrogen (secondary N) is 1. The predicted molar refractivity (Wildman–Crippen MR) is 140 cm³/mol. The molecule has 1 aliphatic heterocycles. The highest BCUT2D eigenvalue weighted by Crippen LogP contribution is 2.30. The lowest BCUT2D eigenvalue weighted by molar-refractivity contribution is -0.129. The fourth-order valence-corrected chi connectivity index (χ4v) is 4.76. The fourth-order valence-electron chi connectivity index (χ4n) is 3.64. The molecule has 37 heavy (non-hydrogen) atoms. The molecule has 1 heterocycles. The van der Waals surface area contributed by atoms with Crippen molar-refractivity contribution in [1.29, 1.82) is 0 Å². The number of methoxy groups -OCH3 is 1. The molecule has 3 aromatic rings. The minimum Gasteiger partial charge on any atom is -0.497 e. The van der Waals surface area contributed by atoms with Crippen molar-refractivity contribution in [3.63, 3.8) is 0 Å². The average molecular weight is 522 g/mol. The molecule has 1 fully saturated rings. The van der Waals surface area contributed by atoms with Gasteiger partial charge in [-0.05, 0) is 72.6 Å². The molecule has 0 saturated carbocycles. The van der Waals surface area contributed by atoms with Gasteiger partial charge in [0.1, 0.15) is 16.8 Å². The molecule has 1 saturated heterocycles. The van der Waals surface area contributed by atoms with Gasteiger partial charge in [0, 0.05) is 18.7 Å². The predicted octanol–water partition coefficient (Wildman–Crippen LogP) is 4.74. The van der Waals surface area contributed by atoms with Crippen LogP contribution in [0.3, 0.4) is 0 Å². The van der Waals surface area contributed by atoms with Crippen molar-refractivity contribution in [2.45, 2.75) is 18.1 Å². The third-order valence-corrected chi connectivity index (χ3v) is 6.85. The van der Waals surface area contributed by atoms with Crippen molar-refractivity contribution in [2.24, 2.45) is 4.99 Å². The highest BCUT2D eigenvalue weighted by atomic mass is 32.2. The number of carbonyl (C=O) groups excluding carboxylic acids is 2. The Morgan fingerprint density at radius 3 is 2.38 bits per heavy atom. The van der Waals surface area contributed by atoms with Crippen LogP contribution in [0.5, 0.6) is 5.75 Å². The Kier molecular flexibility index (Phi) is 8.19. The van der Waals surface area contributed by atoms with Crippen LogP contribution in [0.15, 0.2) is 77.8 Å². The molecule has 1 unspecified atom stereocenters. The molecule has 8 nitrogen and oxygen atoms in total. The van der Waals surface area contributed by atoms with Gasteiger partial charge in [-0.2, -0.15) is 0 Å². The number of hydrogen-bond acceptors (Lipinski definition) is 6. The summed E-state index contributed by atoms with van der Waals surface area (Å²) in [6.07, 6.45) is 0.528. The summed E-state index contributed by atoms with van der Waals surface area (Å²) in [7, 11) is 1.59. The Bertz CT molecular complexity index is 1310. The normalized spacial score (nSPS) is 16.5. The number of aliphatic imine (C=N–C) groups is 1. The zero-order chi connectivity index (χ0) is 26.4. The van der Waals surface area contributed by atoms with Gasteiger partial charge in [-0.25, -0.2) is 14.2 Å². The van der Waals surface area contributed by atoms with E-state index in [0.717, 1.165) is 23.1 Å². The SMILES string of the molecule is COc1ccc(CCN2C(=O)CC(C(=O)Nc3ccc(C(=O)O)cc3)SC2=Nc2ccc(F)cc2)cc1. The van der Waals surface area contributed by atoms with Gasteiger partial charge in [0.15, 0.2) is 5.17 Å². The summed E-state index contributed by atoms with van der Waals surface area (Å²) in [6, 6.07) is 18.9. The number of thioether (sulfide) groups is 1. The number of carbonyl (C=O) groups is 3. The number of carboxylic acids is 1. The number of hydrogen-bond donors (Lipinski definition) is 2. The Labute approximate surface area is 217 Å². The Hall–Kier alpha value is -4.18. The standard InChI is InChI=1S/C27H24FN3O5S/c1-36-22-12-2-17(3-13-22)14-15-31-24(32)16-23(37-27(31)30-21-10-6-19(28)7-11-21)25(33)29-20-8-4-18(5-9-20)26(34)35/h2-13,23H,14-16H2,1H3,(H,29,33)(H,34,35). The number of aromatic carboxylic acids is 1. The molecule has 3 aromatic carbocycles. The van der Waals surface area contributed by atoms with E-state index in [-0.39, 0.29) is 17.9 Å². The van der Waals surface area contributed by atoms with Crippen molar-refractivity contribution >= 4 is 46.1 Å². The summed E-state index contributed by atoms with van der Waals surface area (Å²) >= 11 is 1.15. The lowest BCUT2D eigenvalue weighted by Gasteiger charge is -2.32. The smallest absolute Gasteiger partial charge is 0.335 e. The topological polar surface area (TPSA) is 108 Å². The summed E-state index contributed by atoms with van der Waals surface area (Å²) in [5.41, 5.74) is 1.98. The third-order valence-electron chi connectivity index (χ3n) is 5.67. The number of amides is 2. The highest BCUT2D eigenvalue weighted by molar-refractivity contribution is 8.15. The van der Waals surface area contributed by atoms with Crippen LogP contribution in [-0.2, 0) is 16.0 Å². The van der Waals surface area contributed by atoms with Crippen LogP contribution < -0.4 is 10.1 Å². The van der Waals surface area contributed by atoms with E-state index >= 15 is 0 Å². The molecule has 190 valence electrons. The zero-order valence-electron chi connectivity index (χ0n) is 19.9. The van der Waals surface area contributed by atoms with E-state index < -0.39 is 22.9 Å². The quantitative estimate of drug-likeness (QED) is 0.444. The van der Waals surface area contributed by atoms with Crippen LogP contribution in [0.4, 0.5) is 15.8 Å². The lowest BCUT2D eigenvalue weighted by Crippen LogP contribution is -2.46. The summed E-state index contributed by atoms with van der Waals surface area (Å²) < 4.78 is 18.6. The molecule has 0 bridgehead atoms. The summed E-state index contributed by atoms with van der Waals surface area (Å²) in [5, 5.41) is 11.4. The van der Waals surface area contributed by atoms with E-state index in [1.54, 1.807) is 12.0 Å². The molecule has 2 amide bonds. The number of halogens is 1. The molecule has 10 heteroatoms. The van der Waals surface area contributed by atoms with Gasteiger partial charge >= 0.3 is 5.97 Å². The van der Waals surface area contributed by atoms with E-state index in [4.69, 9.17) is 9.84 Å². The number of amidine groups is 1. The van der Waals surface area contributed by atoms with Crippen LogP contribution in [-0.4, -0.2) is 51.9 Å². The first-order valence-electron chi connectivity index (χ1n) is 11.4. The first kappa shape index (κ1) is 25.9. The number of nitrogens with zero attached hydrogens (tertiary/aromatic N) is 2. The van der Waals surface area contributed by atoms with Gasteiger partial charge in [-0.15, -0.1) is 0 Å². The highest BCUT2D eigenvalue weighted by Gasteiger charge is 2.35. The second-order valence-corrected chi connectivity index (χ2v) is 9.37. The Morgan fingerprint density at radius 1 is 1.08 bits per heavy atom. The van der Waals surface area contributed by atoms with Crippen LogP contribution in [0.25, 0.3) is 0 Å². The molecule has 4 rings (SSSR count). The van der Waals surface area contributed by atoms with Crippen molar-refractivity contribution in [3.8, 4) is 5.75 Å². The Morgan fingerprint density at radius 2 is 1.76 bits per heavy atom. The summed E-state index contributed by atoms with van der Waals surface area (Å²) in [6.45, 7) is 0.350. The van der Waals surface area contributed by atoms with Gasteiger partial charge in [0.05, 0.1) is 18.4 Å². The van der Waals surface area contributed by atoms with E-state index in [1.165, 1.54) is 48.5 Å². The third kappa shape index (κ3) is 6.73. The van der Waals surface area contributed by atoms with Crippen LogP contribution in [0, 0.1) is 5.82 Å². The molecule has 0 aromatic heterocycles.